The quantitative estimate of drug-likeness (QED) is 0.793. The van der Waals surface area contributed by atoms with Crippen LogP contribution in [0.1, 0.15) is 15.9 Å². The zero-order valence-corrected chi connectivity index (χ0v) is 14.3. The van der Waals surface area contributed by atoms with Gasteiger partial charge in [-0.1, -0.05) is 39.7 Å². The number of ether oxygens (including phenoxy) is 1. The van der Waals surface area contributed by atoms with Gasteiger partial charge < -0.3 is 4.74 Å². The van der Waals surface area contributed by atoms with Crippen molar-refractivity contribution < 1.29 is 17.9 Å². The summed E-state index contributed by atoms with van der Waals surface area (Å²) in [5, 5.41) is 5.12. The number of hydrogen-bond acceptors (Lipinski definition) is 4. The normalized spacial score (nSPS) is 11.2. The average Bonchev–Trinajstić information content (AvgIpc) is 2.45. The summed E-state index contributed by atoms with van der Waals surface area (Å²) in [7, 11) is -3.92. The third-order valence-electron chi connectivity index (χ3n) is 2.77. The Balaban J connectivity index is 2.17. The zero-order chi connectivity index (χ0) is 16.3. The van der Waals surface area contributed by atoms with Crippen LogP contribution < -0.4 is 5.14 Å². The van der Waals surface area contributed by atoms with Gasteiger partial charge in [0.1, 0.15) is 6.61 Å². The van der Waals surface area contributed by atoms with Gasteiger partial charge in [-0.25, -0.2) is 18.4 Å². The van der Waals surface area contributed by atoms with Crippen molar-refractivity contribution in [3.8, 4) is 0 Å². The van der Waals surface area contributed by atoms with Crippen LogP contribution in [0.4, 0.5) is 0 Å². The van der Waals surface area contributed by atoms with Crippen LogP contribution in [0.5, 0.6) is 0 Å². The molecule has 2 aromatic rings. The first-order valence-electron chi connectivity index (χ1n) is 6.01. The third-order valence-corrected chi connectivity index (χ3v) is 4.54. The summed E-state index contributed by atoms with van der Waals surface area (Å²) in [5.74, 6) is -0.724. The first kappa shape index (κ1) is 17.0. The van der Waals surface area contributed by atoms with E-state index in [9.17, 15) is 13.2 Å². The van der Waals surface area contributed by atoms with Crippen LogP contribution in [0.25, 0.3) is 0 Å². The topological polar surface area (TPSA) is 86.5 Å². The molecular formula is C14H11BrClNO4S. The molecule has 116 valence electrons. The maximum Gasteiger partial charge on any atom is 0.340 e. The Morgan fingerprint density at radius 1 is 1.18 bits per heavy atom. The van der Waals surface area contributed by atoms with Gasteiger partial charge >= 0.3 is 5.97 Å². The second-order valence-electron chi connectivity index (χ2n) is 4.39. The van der Waals surface area contributed by atoms with Crippen LogP contribution in [-0.2, 0) is 21.4 Å². The van der Waals surface area contributed by atoms with Gasteiger partial charge in [-0.15, -0.1) is 0 Å². The van der Waals surface area contributed by atoms with E-state index in [1.165, 1.54) is 12.1 Å². The average molecular weight is 405 g/mol. The molecule has 0 fully saturated rings. The number of halogens is 2. The lowest BCUT2D eigenvalue weighted by Crippen LogP contribution is -2.14. The number of esters is 1. The van der Waals surface area contributed by atoms with Crippen molar-refractivity contribution in [3.05, 3.63) is 63.1 Å². The monoisotopic (exact) mass is 403 g/mol. The smallest absolute Gasteiger partial charge is 0.340 e. The van der Waals surface area contributed by atoms with E-state index in [4.69, 9.17) is 21.5 Å². The Labute approximate surface area is 141 Å². The van der Waals surface area contributed by atoms with E-state index >= 15 is 0 Å². The van der Waals surface area contributed by atoms with Gasteiger partial charge in [0.15, 0.2) is 0 Å². The molecule has 0 saturated carbocycles. The van der Waals surface area contributed by atoms with Crippen molar-refractivity contribution in [2.75, 3.05) is 0 Å². The maximum absolute atomic E-state index is 12.0. The summed E-state index contributed by atoms with van der Waals surface area (Å²) in [4.78, 5) is 11.8. The van der Waals surface area contributed by atoms with Crippen molar-refractivity contribution in [2.45, 2.75) is 11.5 Å². The van der Waals surface area contributed by atoms with Gasteiger partial charge in [-0.3, -0.25) is 0 Å². The zero-order valence-electron chi connectivity index (χ0n) is 11.1. The fraction of sp³-hybridized carbons (Fsp3) is 0.0714. The highest BCUT2D eigenvalue weighted by Crippen LogP contribution is 2.21. The molecule has 2 aromatic carbocycles. The number of sulfonamides is 1. The molecule has 0 aliphatic carbocycles. The van der Waals surface area contributed by atoms with Crippen molar-refractivity contribution >= 4 is 43.5 Å². The van der Waals surface area contributed by atoms with Gasteiger partial charge in [0.25, 0.3) is 0 Å². The van der Waals surface area contributed by atoms with Gasteiger partial charge in [0.05, 0.1) is 15.5 Å². The number of hydrogen-bond donors (Lipinski definition) is 1. The Bertz CT molecular complexity index is 806. The molecule has 0 aliphatic heterocycles. The van der Waals surface area contributed by atoms with Gasteiger partial charge in [0, 0.05) is 4.47 Å². The minimum absolute atomic E-state index is 0.0437. The lowest BCUT2D eigenvalue weighted by molar-refractivity contribution is 0.0472. The molecule has 0 bridgehead atoms. The second kappa shape index (κ2) is 6.78. The molecule has 0 unspecified atom stereocenters. The van der Waals surface area contributed by atoms with Crippen molar-refractivity contribution in [1.82, 2.24) is 0 Å². The summed E-state index contributed by atoms with van der Waals surface area (Å²) in [5.41, 5.74) is 0.737. The van der Waals surface area contributed by atoms with Crippen LogP contribution in [0.2, 0.25) is 5.02 Å². The molecule has 2 N–H and O–H groups in total. The summed E-state index contributed by atoms with van der Waals surface area (Å²) < 4.78 is 28.7. The fourth-order valence-electron chi connectivity index (χ4n) is 1.65. The molecule has 0 amide bonds. The van der Waals surface area contributed by atoms with Crippen LogP contribution in [0.15, 0.2) is 51.8 Å². The molecule has 8 heteroatoms. The van der Waals surface area contributed by atoms with E-state index in [2.05, 4.69) is 15.9 Å². The summed E-state index contributed by atoms with van der Waals surface area (Å²) in [6.07, 6.45) is 0. The number of primary sulfonamides is 1. The summed E-state index contributed by atoms with van der Waals surface area (Å²) >= 11 is 9.21. The van der Waals surface area contributed by atoms with E-state index < -0.39 is 16.0 Å². The van der Waals surface area contributed by atoms with Crippen LogP contribution >= 0.6 is 27.5 Å². The molecule has 22 heavy (non-hydrogen) atoms. The van der Waals surface area contributed by atoms with Gasteiger partial charge in [-0.2, -0.15) is 0 Å². The largest absolute Gasteiger partial charge is 0.457 e. The molecule has 0 spiro atoms. The maximum atomic E-state index is 12.0. The minimum Gasteiger partial charge on any atom is -0.457 e. The van der Waals surface area contributed by atoms with Crippen LogP contribution in [0, 0.1) is 0 Å². The molecule has 0 aliphatic rings. The molecule has 2 rings (SSSR count). The molecule has 0 atom stereocenters. The summed E-state index contributed by atoms with van der Waals surface area (Å²) in [6, 6.07) is 10.8. The molecular weight excluding hydrogens is 394 g/mol. The highest BCUT2D eigenvalue weighted by atomic mass is 79.9. The predicted octanol–water partition coefficient (Wildman–Crippen LogP) is 3.11. The second-order valence-corrected chi connectivity index (χ2v) is 7.27. The number of benzene rings is 2. The molecule has 5 nitrogen and oxygen atoms in total. The third kappa shape index (κ3) is 4.30. The van der Waals surface area contributed by atoms with Gasteiger partial charge in [-0.05, 0) is 35.9 Å². The Morgan fingerprint density at radius 2 is 1.82 bits per heavy atom. The molecule has 0 heterocycles. The highest BCUT2D eigenvalue weighted by Gasteiger charge is 2.17. The van der Waals surface area contributed by atoms with Crippen molar-refractivity contribution in [2.24, 2.45) is 5.14 Å². The number of nitrogens with two attached hydrogens (primary N) is 1. The van der Waals surface area contributed by atoms with E-state index in [0.717, 1.165) is 16.1 Å². The minimum atomic E-state index is -3.92. The summed E-state index contributed by atoms with van der Waals surface area (Å²) in [6.45, 7) is 0.0437. The highest BCUT2D eigenvalue weighted by molar-refractivity contribution is 9.10. The number of carbonyl (C=O) groups is 1. The Morgan fingerprint density at radius 3 is 2.41 bits per heavy atom. The first-order chi connectivity index (χ1) is 10.3. The lowest BCUT2D eigenvalue weighted by Gasteiger charge is -2.08. The SMILES string of the molecule is NS(=O)(=O)c1ccc(Cl)c(C(=O)OCc2ccc(Br)cc2)c1. The van der Waals surface area contributed by atoms with E-state index in [1.807, 2.05) is 12.1 Å². The Hall–Kier alpha value is -1.41. The number of rotatable bonds is 4. The molecule has 0 saturated heterocycles. The van der Waals surface area contributed by atoms with Crippen LogP contribution in [0.3, 0.4) is 0 Å². The van der Waals surface area contributed by atoms with Gasteiger partial charge in [0.2, 0.25) is 10.0 Å². The molecule has 0 radical (unpaired) electrons. The first-order valence-corrected chi connectivity index (χ1v) is 8.73. The van der Waals surface area contributed by atoms with E-state index in [-0.39, 0.29) is 22.1 Å². The van der Waals surface area contributed by atoms with Crippen LogP contribution in [-0.4, -0.2) is 14.4 Å². The van der Waals surface area contributed by atoms with E-state index in [1.54, 1.807) is 12.1 Å². The predicted molar refractivity (Wildman–Crippen MR) is 86.1 cm³/mol. The van der Waals surface area contributed by atoms with Crippen molar-refractivity contribution in [1.29, 1.82) is 0 Å². The fourth-order valence-corrected chi connectivity index (χ4v) is 2.64. The molecule has 0 aromatic heterocycles. The number of carbonyl (C=O) groups excluding carboxylic acids is 1. The Kier molecular flexibility index (Phi) is 5.23. The lowest BCUT2D eigenvalue weighted by atomic mass is 10.2. The van der Waals surface area contributed by atoms with E-state index in [0.29, 0.717) is 0 Å². The van der Waals surface area contributed by atoms with Crippen molar-refractivity contribution in [3.63, 3.8) is 0 Å². The standard InChI is InChI=1S/C14H11BrClNO4S/c15-10-3-1-9(2-4-10)8-21-14(18)12-7-11(22(17,19)20)5-6-13(12)16/h1-7H,8H2,(H2,17,19,20).